The van der Waals surface area contributed by atoms with E-state index in [0.29, 0.717) is 18.0 Å². The van der Waals surface area contributed by atoms with Crippen LogP contribution in [-0.4, -0.2) is 35.5 Å². The van der Waals surface area contributed by atoms with Crippen molar-refractivity contribution in [3.8, 4) is 11.5 Å². The van der Waals surface area contributed by atoms with Crippen molar-refractivity contribution in [3.05, 3.63) is 69.0 Å². The number of rotatable bonds is 7. The normalized spacial score (nSPS) is 18.8. The summed E-state index contributed by atoms with van der Waals surface area (Å²) in [5.74, 6) is 0.792. The number of nitrogens with zero attached hydrogens (tertiary/aromatic N) is 1. The topological polar surface area (TPSA) is 67.9 Å². The van der Waals surface area contributed by atoms with Crippen molar-refractivity contribution < 1.29 is 19.1 Å². The highest BCUT2D eigenvalue weighted by molar-refractivity contribution is 7.10. The number of amides is 2. The number of fused-ring (bicyclic) bond motifs is 1. The number of nitrogens with one attached hydrogen (secondary N) is 1. The maximum atomic E-state index is 13.9. The average molecular weight is 497 g/mol. The highest BCUT2D eigenvalue weighted by Crippen LogP contribution is 2.34. The number of ether oxygens (including phenoxy) is 2. The Hall–Kier alpha value is -2.84. The molecule has 0 bridgehead atoms. The molecule has 3 heterocycles. The van der Waals surface area contributed by atoms with E-state index in [-0.39, 0.29) is 24.5 Å². The Morgan fingerprint density at radius 2 is 1.74 bits per heavy atom. The van der Waals surface area contributed by atoms with Crippen molar-refractivity contribution in [1.82, 2.24) is 10.2 Å². The van der Waals surface area contributed by atoms with Gasteiger partial charge in [0.1, 0.15) is 12.6 Å². The van der Waals surface area contributed by atoms with Crippen LogP contribution in [0.25, 0.3) is 0 Å². The second-order valence-corrected chi connectivity index (χ2v) is 10.7. The van der Waals surface area contributed by atoms with Gasteiger partial charge in [-0.2, -0.15) is 0 Å². The number of thiophene rings is 2. The van der Waals surface area contributed by atoms with Gasteiger partial charge in [0, 0.05) is 15.8 Å². The number of para-hydroxylation sites is 2. The van der Waals surface area contributed by atoms with Gasteiger partial charge in [0.2, 0.25) is 12.0 Å². The Bertz CT molecular complexity index is 1090. The van der Waals surface area contributed by atoms with E-state index in [1.54, 1.807) is 22.3 Å². The molecular weight excluding hydrogens is 468 g/mol. The number of hydrogen-bond donors (Lipinski definition) is 1. The molecule has 0 saturated heterocycles. The summed E-state index contributed by atoms with van der Waals surface area (Å²) in [5.41, 5.74) is 0. The zero-order valence-corrected chi connectivity index (χ0v) is 20.5. The molecular formula is C26H28N2O4S2. The van der Waals surface area contributed by atoms with Crippen molar-refractivity contribution in [1.29, 1.82) is 0 Å². The van der Waals surface area contributed by atoms with Crippen molar-refractivity contribution in [3.63, 3.8) is 0 Å². The summed E-state index contributed by atoms with van der Waals surface area (Å²) >= 11 is 3.06. The van der Waals surface area contributed by atoms with Gasteiger partial charge in [-0.25, -0.2) is 0 Å². The van der Waals surface area contributed by atoms with Gasteiger partial charge in [0.05, 0.1) is 6.54 Å². The summed E-state index contributed by atoms with van der Waals surface area (Å²) in [6.07, 6.45) is 4.61. The molecule has 0 radical (unpaired) electrons. The molecule has 1 saturated carbocycles. The van der Waals surface area contributed by atoms with E-state index in [4.69, 9.17) is 9.47 Å². The number of hydrogen-bond acceptors (Lipinski definition) is 6. The molecule has 178 valence electrons. The average Bonchev–Trinajstić information content (AvgIpc) is 3.58. The van der Waals surface area contributed by atoms with E-state index in [9.17, 15) is 9.59 Å². The third kappa shape index (κ3) is 5.13. The summed E-state index contributed by atoms with van der Waals surface area (Å²) in [6, 6.07) is 14.6. The maximum Gasteiger partial charge on any atom is 0.268 e. The highest BCUT2D eigenvalue weighted by atomic mass is 32.1. The molecule has 5 rings (SSSR count). The zero-order valence-electron chi connectivity index (χ0n) is 18.9. The standard InChI is InChI=1S/C26H28N2O4S2/c29-25(27-18-8-2-1-3-9-18)24(23-13-7-15-34-23)28(16-19-10-6-14-33-19)26(30)22-17-31-20-11-4-5-12-21(20)32-22/h4-7,10-15,18,22,24H,1-3,8-9,16-17H2,(H,27,29)/t22-,24+/m0/s1. The predicted octanol–water partition coefficient (Wildman–Crippen LogP) is 5.17. The summed E-state index contributed by atoms with van der Waals surface area (Å²) in [5, 5.41) is 7.17. The number of carbonyl (C=O) groups is 2. The molecule has 1 aliphatic heterocycles. The van der Waals surface area contributed by atoms with Crippen molar-refractivity contribution >= 4 is 34.5 Å². The van der Waals surface area contributed by atoms with Crippen LogP contribution in [0.2, 0.25) is 0 Å². The van der Waals surface area contributed by atoms with E-state index in [1.165, 1.54) is 17.8 Å². The van der Waals surface area contributed by atoms with Crippen LogP contribution in [0.3, 0.4) is 0 Å². The van der Waals surface area contributed by atoms with Gasteiger partial charge < -0.3 is 19.7 Å². The second-order valence-electron chi connectivity index (χ2n) is 8.67. The molecule has 1 aliphatic carbocycles. The summed E-state index contributed by atoms with van der Waals surface area (Å²) in [7, 11) is 0. The minimum atomic E-state index is -0.820. The van der Waals surface area contributed by atoms with Crippen LogP contribution in [0.4, 0.5) is 0 Å². The Balaban J connectivity index is 1.44. The first-order valence-corrected chi connectivity index (χ1v) is 13.5. The van der Waals surface area contributed by atoms with Crippen LogP contribution < -0.4 is 14.8 Å². The van der Waals surface area contributed by atoms with E-state index in [2.05, 4.69) is 5.32 Å². The Morgan fingerprint density at radius 3 is 2.47 bits per heavy atom. The van der Waals surface area contributed by atoms with Crippen LogP contribution >= 0.6 is 22.7 Å². The minimum absolute atomic E-state index is 0.109. The maximum absolute atomic E-state index is 13.9. The van der Waals surface area contributed by atoms with E-state index in [0.717, 1.165) is 35.4 Å². The quantitative estimate of drug-likeness (QED) is 0.490. The van der Waals surface area contributed by atoms with Gasteiger partial charge in [-0.3, -0.25) is 9.59 Å². The van der Waals surface area contributed by atoms with Crippen LogP contribution in [0.1, 0.15) is 47.9 Å². The first-order valence-electron chi connectivity index (χ1n) is 11.7. The summed E-state index contributed by atoms with van der Waals surface area (Å²) < 4.78 is 11.9. The first-order chi connectivity index (χ1) is 16.7. The number of benzene rings is 1. The van der Waals surface area contributed by atoms with Gasteiger partial charge in [-0.15, -0.1) is 22.7 Å². The molecule has 3 aromatic rings. The molecule has 2 aliphatic rings. The van der Waals surface area contributed by atoms with Gasteiger partial charge >= 0.3 is 0 Å². The summed E-state index contributed by atoms with van der Waals surface area (Å²) in [4.78, 5) is 31.1. The molecule has 6 nitrogen and oxygen atoms in total. The predicted molar refractivity (Wildman–Crippen MR) is 133 cm³/mol. The smallest absolute Gasteiger partial charge is 0.268 e. The molecule has 0 spiro atoms. The van der Waals surface area contributed by atoms with Crippen molar-refractivity contribution in [2.75, 3.05) is 6.61 Å². The fraction of sp³-hybridized carbons (Fsp3) is 0.385. The molecule has 2 atom stereocenters. The third-order valence-corrected chi connectivity index (χ3v) is 8.08. The molecule has 34 heavy (non-hydrogen) atoms. The fourth-order valence-corrected chi connectivity index (χ4v) is 6.13. The van der Waals surface area contributed by atoms with Crippen LogP contribution in [0.15, 0.2) is 59.3 Å². The summed E-state index contributed by atoms with van der Waals surface area (Å²) in [6.45, 7) is 0.441. The highest BCUT2D eigenvalue weighted by Gasteiger charge is 2.39. The lowest BCUT2D eigenvalue weighted by Gasteiger charge is -2.35. The van der Waals surface area contributed by atoms with Gasteiger partial charge in [0.15, 0.2) is 11.5 Å². The molecule has 2 aromatic heterocycles. The molecule has 8 heteroatoms. The van der Waals surface area contributed by atoms with E-state index >= 15 is 0 Å². The lowest BCUT2D eigenvalue weighted by atomic mass is 9.95. The third-order valence-electron chi connectivity index (χ3n) is 6.30. The first kappa shape index (κ1) is 22.9. The van der Waals surface area contributed by atoms with Crippen LogP contribution in [-0.2, 0) is 16.1 Å². The Labute approximate surface area is 207 Å². The molecule has 1 aromatic carbocycles. The minimum Gasteiger partial charge on any atom is -0.485 e. The molecule has 1 fully saturated rings. The van der Waals surface area contributed by atoms with Crippen LogP contribution in [0.5, 0.6) is 11.5 Å². The number of carbonyl (C=O) groups excluding carboxylic acids is 2. The van der Waals surface area contributed by atoms with Crippen molar-refractivity contribution in [2.24, 2.45) is 0 Å². The van der Waals surface area contributed by atoms with E-state index in [1.807, 2.05) is 53.2 Å². The lowest BCUT2D eigenvalue weighted by Crippen LogP contribution is -2.51. The van der Waals surface area contributed by atoms with Gasteiger partial charge in [-0.05, 0) is 47.9 Å². The molecule has 1 N–H and O–H groups in total. The monoisotopic (exact) mass is 496 g/mol. The Morgan fingerprint density at radius 1 is 0.971 bits per heavy atom. The van der Waals surface area contributed by atoms with Gasteiger partial charge in [0.25, 0.3) is 5.91 Å². The lowest BCUT2D eigenvalue weighted by molar-refractivity contribution is -0.149. The molecule has 0 unspecified atom stereocenters. The zero-order chi connectivity index (χ0) is 23.3. The fourth-order valence-electron chi connectivity index (χ4n) is 4.59. The molecule has 2 amide bonds. The largest absolute Gasteiger partial charge is 0.485 e. The van der Waals surface area contributed by atoms with Gasteiger partial charge in [-0.1, -0.05) is 43.5 Å². The second kappa shape index (κ2) is 10.6. The Kier molecular flexibility index (Phi) is 7.16. The van der Waals surface area contributed by atoms with Crippen LogP contribution in [0, 0.1) is 0 Å². The van der Waals surface area contributed by atoms with Crippen molar-refractivity contribution in [2.45, 2.75) is 56.8 Å². The van der Waals surface area contributed by atoms with E-state index < -0.39 is 12.1 Å². The SMILES string of the molecule is O=C(NC1CCCCC1)[C@@H](c1cccs1)N(Cc1cccs1)C(=O)[C@@H]1COc2ccccc2O1.